The number of hydrogen-bond acceptors (Lipinski definition) is 4. The molecule has 1 aliphatic carbocycles. The molecule has 1 aromatic carbocycles. The molecule has 1 aromatic rings. The van der Waals surface area contributed by atoms with Crippen molar-refractivity contribution in [3.05, 3.63) is 29.8 Å². The zero-order valence-electron chi connectivity index (χ0n) is 13.9. The SMILES string of the molecule is CC(=O)c1ccc(NC(=O)[C@@H]2CC[C@@](C)(C(=O)[O-])C2(C)C)cc1. The number of carbonyl (C=O) groups is 3. The Balaban J connectivity index is 2.15. The van der Waals surface area contributed by atoms with Gasteiger partial charge < -0.3 is 15.2 Å². The van der Waals surface area contributed by atoms with Gasteiger partial charge in [0, 0.05) is 28.6 Å². The minimum absolute atomic E-state index is 0.0375. The van der Waals surface area contributed by atoms with E-state index < -0.39 is 22.7 Å². The first-order chi connectivity index (χ1) is 10.6. The molecule has 0 heterocycles. The van der Waals surface area contributed by atoms with Crippen molar-refractivity contribution in [1.29, 1.82) is 0 Å². The van der Waals surface area contributed by atoms with Crippen molar-refractivity contribution >= 4 is 23.3 Å². The summed E-state index contributed by atoms with van der Waals surface area (Å²) >= 11 is 0. The number of benzene rings is 1. The van der Waals surface area contributed by atoms with E-state index in [4.69, 9.17) is 0 Å². The molecule has 0 bridgehead atoms. The molecule has 5 heteroatoms. The molecule has 0 radical (unpaired) electrons. The van der Waals surface area contributed by atoms with Gasteiger partial charge in [0.1, 0.15) is 0 Å². The highest BCUT2D eigenvalue weighted by atomic mass is 16.4. The lowest BCUT2D eigenvalue weighted by atomic mass is 9.65. The summed E-state index contributed by atoms with van der Waals surface area (Å²) in [6.45, 7) is 6.74. The molecule has 2 atom stereocenters. The van der Waals surface area contributed by atoms with Crippen molar-refractivity contribution in [2.45, 2.75) is 40.5 Å². The number of anilines is 1. The fourth-order valence-electron chi connectivity index (χ4n) is 3.34. The Labute approximate surface area is 136 Å². The quantitative estimate of drug-likeness (QED) is 0.861. The van der Waals surface area contributed by atoms with Crippen LogP contribution < -0.4 is 10.4 Å². The molecule has 1 N–H and O–H groups in total. The molecule has 2 rings (SSSR count). The van der Waals surface area contributed by atoms with Gasteiger partial charge in [-0.25, -0.2) is 0 Å². The van der Waals surface area contributed by atoms with Crippen LogP contribution in [0.25, 0.3) is 0 Å². The summed E-state index contributed by atoms with van der Waals surface area (Å²) in [6.07, 6.45) is 0.929. The zero-order chi connectivity index (χ0) is 17.4. The van der Waals surface area contributed by atoms with Crippen molar-refractivity contribution in [2.24, 2.45) is 16.7 Å². The van der Waals surface area contributed by atoms with Crippen LogP contribution in [0.3, 0.4) is 0 Å². The maximum atomic E-state index is 12.6. The summed E-state index contributed by atoms with van der Waals surface area (Å²) < 4.78 is 0. The molecular weight excluding hydrogens is 294 g/mol. The van der Waals surface area contributed by atoms with Gasteiger partial charge >= 0.3 is 0 Å². The summed E-state index contributed by atoms with van der Waals surface area (Å²) in [7, 11) is 0. The van der Waals surface area contributed by atoms with Gasteiger partial charge in [0.25, 0.3) is 0 Å². The summed E-state index contributed by atoms with van der Waals surface area (Å²) in [6, 6.07) is 6.66. The van der Waals surface area contributed by atoms with Crippen LogP contribution >= 0.6 is 0 Å². The largest absolute Gasteiger partial charge is 0.550 e. The fraction of sp³-hybridized carbons (Fsp3) is 0.500. The number of carboxylic acid groups (broad SMARTS) is 1. The van der Waals surface area contributed by atoms with Crippen LogP contribution in [0, 0.1) is 16.7 Å². The number of Topliss-reactive ketones (excluding diaryl/α,β-unsaturated/α-hetero) is 1. The molecule has 0 unspecified atom stereocenters. The Morgan fingerprint density at radius 2 is 1.70 bits per heavy atom. The van der Waals surface area contributed by atoms with Crippen molar-refractivity contribution in [3.8, 4) is 0 Å². The second-order valence-electron chi connectivity index (χ2n) is 7.06. The average molecular weight is 316 g/mol. The summed E-state index contributed by atoms with van der Waals surface area (Å²) in [5.74, 6) is -1.75. The van der Waals surface area contributed by atoms with Gasteiger partial charge in [0.05, 0.1) is 0 Å². The van der Waals surface area contributed by atoms with E-state index in [9.17, 15) is 19.5 Å². The molecular formula is C18H22NO4-. The highest BCUT2D eigenvalue weighted by Gasteiger charge is 2.54. The van der Waals surface area contributed by atoms with Gasteiger partial charge in [-0.3, -0.25) is 9.59 Å². The lowest BCUT2D eigenvalue weighted by molar-refractivity contribution is -0.323. The molecule has 0 spiro atoms. The minimum Gasteiger partial charge on any atom is -0.550 e. The maximum absolute atomic E-state index is 12.6. The Morgan fingerprint density at radius 1 is 1.13 bits per heavy atom. The molecule has 0 aromatic heterocycles. The lowest BCUT2D eigenvalue weighted by Gasteiger charge is -2.41. The van der Waals surface area contributed by atoms with E-state index >= 15 is 0 Å². The van der Waals surface area contributed by atoms with Gasteiger partial charge in [-0.2, -0.15) is 0 Å². The lowest BCUT2D eigenvalue weighted by Crippen LogP contribution is -2.49. The molecule has 1 saturated carbocycles. The monoisotopic (exact) mass is 316 g/mol. The third kappa shape index (κ3) is 2.87. The Morgan fingerprint density at radius 3 is 2.13 bits per heavy atom. The molecule has 124 valence electrons. The first-order valence-corrected chi connectivity index (χ1v) is 7.73. The van der Waals surface area contributed by atoms with E-state index in [-0.39, 0.29) is 11.7 Å². The third-order valence-electron chi connectivity index (χ3n) is 5.55. The normalized spacial score (nSPS) is 25.8. The van der Waals surface area contributed by atoms with E-state index in [1.165, 1.54) is 6.92 Å². The second-order valence-corrected chi connectivity index (χ2v) is 7.06. The number of nitrogens with one attached hydrogen (secondary N) is 1. The van der Waals surface area contributed by atoms with Crippen LogP contribution in [-0.2, 0) is 9.59 Å². The molecule has 1 fully saturated rings. The number of amides is 1. The number of carbonyl (C=O) groups excluding carboxylic acids is 3. The van der Waals surface area contributed by atoms with Gasteiger partial charge in [-0.15, -0.1) is 0 Å². The number of carboxylic acids is 1. The van der Waals surface area contributed by atoms with Gasteiger partial charge in [-0.05, 0) is 49.4 Å². The smallest absolute Gasteiger partial charge is 0.228 e. The minimum atomic E-state index is -1.11. The Kier molecular flexibility index (Phi) is 4.33. The summed E-state index contributed by atoms with van der Waals surface area (Å²) in [5, 5.41) is 14.3. The van der Waals surface area contributed by atoms with Crippen molar-refractivity contribution in [3.63, 3.8) is 0 Å². The Hall–Kier alpha value is -2.17. The predicted molar refractivity (Wildman–Crippen MR) is 84.7 cm³/mol. The van der Waals surface area contributed by atoms with Gasteiger partial charge in [-0.1, -0.05) is 20.8 Å². The fourth-order valence-corrected chi connectivity index (χ4v) is 3.34. The van der Waals surface area contributed by atoms with Crippen LogP contribution in [0.4, 0.5) is 5.69 Å². The standard InChI is InChI=1S/C18H23NO4/c1-11(20)12-5-7-13(8-6-12)19-15(21)14-9-10-18(4,16(22)23)17(14,2)3/h5-8,14H,9-10H2,1-4H3,(H,19,21)(H,22,23)/p-1/t14-,18-/m0/s1. The molecule has 0 aliphatic heterocycles. The van der Waals surface area contributed by atoms with E-state index in [2.05, 4.69) is 5.32 Å². The van der Waals surface area contributed by atoms with Crippen molar-refractivity contribution in [1.82, 2.24) is 0 Å². The maximum Gasteiger partial charge on any atom is 0.228 e. The summed E-state index contributed by atoms with van der Waals surface area (Å²) in [4.78, 5) is 35.3. The molecule has 5 nitrogen and oxygen atoms in total. The van der Waals surface area contributed by atoms with Crippen LogP contribution in [0.2, 0.25) is 0 Å². The van der Waals surface area contributed by atoms with Gasteiger partial charge in [0.15, 0.2) is 5.78 Å². The van der Waals surface area contributed by atoms with Crippen molar-refractivity contribution in [2.75, 3.05) is 5.32 Å². The van der Waals surface area contributed by atoms with E-state index in [0.717, 1.165) is 0 Å². The first kappa shape index (κ1) is 17.2. The van der Waals surface area contributed by atoms with Crippen LogP contribution in [-0.4, -0.2) is 17.7 Å². The number of ketones is 1. The van der Waals surface area contributed by atoms with Crippen LogP contribution in [0.1, 0.15) is 50.9 Å². The molecule has 23 heavy (non-hydrogen) atoms. The molecule has 0 saturated heterocycles. The highest BCUT2D eigenvalue weighted by Crippen LogP contribution is 2.55. The number of hydrogen-bond donors (Lipinski definition) is 1. The number of rotatable bonds is 4. The topological polar surface area (TPSA) is 86.3 Å². The van der Waals surface area contributed by atoms with E-state index in [1.807, 2.05) is 0 Å². The van der Waals surface area contributed by atoms with E-state index in [0.29, 0.717) is 24.1 Å². The predicted octanol–water partition coefficient (Wildman–Crippen LogP) is 2.02. The van der Waals surface area contributed by atoms with Gasteiger partial charge in [0.2, 0.25) is 5.91 Å². The third-order valence-corrected chi connectivity index (χ3v) is 5.55. The van der Waals surface area contributed by atoms with Crippen LogP contribution in [0.5, 0.6) is 0 Å². The number of aliphatic carboxylic acids is 1. The highest BCUT2D eigenvalue weighted by molar-refractivity contribution is 5.96. The molecule has 1 aliphatic rings. The zero-order valence-corrected chi connectivity index (χ0v) is 13.9. The first-order valence-electron chi connectivity index (χ1n) is 7.73. The molecule has 1 amide bonds. The second kappa shape index (κ2) is 5.80. The Bertz CT molecular complexity index is 647. The van der Waals surface area contributed by atoms with Crippen LogP contribution in [0.15, 0.2) is 24.3 Å². The van der Waals surface area contributed by atoms with E-state index in [1.54, 1.807) is 45.0 Å². The summed E-state index contributed by atoms with van der Waals surface area (Å²) in [5.41, 5.74) is -0.547. The van der Waals surface area contributed by atoms with Crippen molar-refractivity contribution < 1.29 is 19.5 Å². The average Bonchev–Trinajstić information content (AvgIpc) is 2.71.